The first-order valence-electron chi connectivity index (χ1n) is 8.62. The summed E-state index contributed by atoms with van der Waals surface area (Å²) >= 11 is 0. The molecule has 0 bridgehead atoms. The van der Waals surface area contributed by atoms with Crippen molar-refractivity contribution in [3.8, 4) is 23.3 Å². The molecule has 1 atom stereocenters. The Kier molecular flexibility index (Phi) is 5.29. The van der Waals surface area contributed by atoms with Crippen LogP contribution in [0.2, 0.25) is 0 Å². The number of methoxy groups -OCH3 is 2. The Balaban J connectivity index is 2.38. The van der Waals surface area contributed by atoms with Gasteiger partial charge in [0.25, 0.3) is 5.56 Å². The van der Waals surface area contributed by atoms with E-state index in [0.717, 1.165) is 0 Å². The van der Waals surface area contributed by atoms with Crippen molar-refractivity contribution in [2.24, 2.45) is 5.73 Å². The number of aryl methyl sites for hydroxylation is 1. The SMILES string of the molecule is COc1cccc(C2C(C#N)=C(N)Oc3cc(C)n(CCO)c(=O)c32)c1OC. The number of benzene rings is 1. The Bertz CT molecular complexity index is 1050. The monoisotopic (exact) mass is 383 g/mol. The Hall–Kier alpha value is -3.44. The highest BCUT2D eigenvalue weighted by molar-refractivity contribution is 5.60. The summed E-state index contributed by atoms with van der Waals surface area (Å²) in [5.74, 6) is 0.285. The molecule has 0 aliphatic carbocycles. The van der Waals surface area contributed by atoms with Gasteiger partial charge < -0.3 is 29.6 Å². The van der Waals surface area contributed by atoms with E-state index >= 15 is 0 Å². The maximum atomic E-state index is 13.3. The lowest BCUT2D eigenvalue weighted by molar-refractivity contribution is 0.272. The van der Waals surface area contributed by atoms with E-state index in [1.54, 1.807) is 31.2 Å². The Morgan fingerprint density at radius 1 is 1.36 bits per heavy atom. The molecule has 1 aromatic carbocycles. The number of hydrogen-bond acceptors (Lipinski definition) is 7. The van der Waals surface area contributed by atoms with Crippen LogP contribution in [0.1, 0.15) is 22.7 Å². The minimum atomic E-state index is -0.795. The van der Waals surface area contributed by atoms with E-state index in [4.69, 9.17) is 19.9 Å². The quantitative estimate of drug-likeness (QED) is 0.800. The van der Waals surface area contributed by atoms with Crippen LogP contribution in [-0.4, -0.2) is 30.5 Å². The van der Waals surface area contributed by atoms with Crippen LogP contribution in [0.5, 0.6) is 17.2 Å². The first kappa shape index (κ1) is 19.3. The number of hydrogen-bond donors (Lipinski definition) is 2. The van der Waals surface area contributed by atoms with E-state index in [9.17, 15) is 15.2 Å². The van der Waals surface area contributed by atoms with Gasteiger partial charge in [-0.15, -0.1) is 0 Å². The number of ether oxygens (including phenoxy) is 3. The molecule has 0 saturated heterocycles. The number of nitrogens with zero attached hydrogens (tertiary/aromatic N) is 2. The summed E-state index contributed by atoms with van der Waals surface area (Å²) < 4.78 is 17.9. The molecule has 0 amide bonds. The molecule has 28 heavy (non-hydrogen) atoms. The van der Waals surface area contributed by atoms with Crippen LogP contribution in [0.3, 0.4) is 0 Å². The van der Waals surface area contributed by atoms with Crippen LogP contribution in [0, 0.1) is 18.3 Å². The highest BCUT2D eigenvalue weighted by Gasteiger charge is 2.36. The lowest BCUT2D eigenvalue weighted by Gasteiger charge is -2.28. The number of aliphatic hydroxyl groups excluding tert-OH is 1. The van der Waals surface area contributed by atoms with E-state index in [1.165, 1.54) is 18.8 Å². The number of para-hydroxylation sites is 1. The zero-order valence-electron chi connectivity index (χ0n) is 15.9. The van der Waals surface area contributed by atoms with Crippen LogP contribution >= 0.6 is 0 Å². The molecular weight excluding hydrogens is 362 g/mol. The summed E-state index contributed by atoms with van der Waals surface area (Å²) in [6.07, 6.45) is 0. The third kappa shape index (κ3) is 2.96. The van der Waals surface area contributed by atoms with Crippen molar-refractivity contribution in [1.29, 1.82) is 5.26 Å². The molecule has 8 nitrogen and oxygen atoms in total. The van der Waals surface area contributed by atoms with E-state index in [0.29, 0.717) is 22.8 Å². The van der Waals surface area contributed by atoms with Crippen molar-refractivity contribution >= 4 is 0 Å². The summed E-state index contributed by atoms with van der Waals surface area (Å²) in [5.41, 5.74) is 7.18. The molecule has 1 aliphatic rings. The highest BCUT2D eigenvalue weighted by atomic mass is 16.5. The van der Waals surface area contributed by atoms with Gasteiger partial charge in [0.15, 0.2) is 11.5 Å². The van der Waals surface area contributed by atoms with E-state index in [-0.39, 0.29) is 41.5 Å². The molecule has 1 unspecified atom stereocenters. The molecule has 2 heterocycles. The second kappa shape index (κ2) is 7.66. The molecule has 2 aromatic rings. The third-order valence-electron chi connectivity index (χ3n) is 4.76. The summed E-state index contributed by atoms with van der Waals surface area (Å²) in [6.45, 7) is 1.67. The lowest BCUT2D eigenvalue weighted by Crippen LogP contribution is -2.33. The Morgan fingerprint density at radius 2 is 2.11 bits per heavy atom. The first-order valence-corrected chi connectivity index (χ1v) is 8.62. The second-order valence-electron chi connectivity index (χ2n) is 6.25. The molecule has 0 fully saturated rings. The lowest BCUT2D eigenvalue weighted by atomic mass is 9.83. The van der Waals surface area contributed by atoms with Crippen molar-refractivity contribution in [2.45, 2.75) is 19.4 Å². The summed E-state index contributed by atoms with van der Waals surface area (Å²) in [6, 6.07) is 8.96. The number of pyridine rings is 1. The van der Waals surface area contributed by atoms with Crippen molar-refractivity contribution in [3.05, 3.63) is 62.9 Å². The number of rotatable bonds is 5. The minimum absolute atomic E-state index is 0.0661. The van der Waals surface area contributed by atoms with Crippen molar-refractivity contribution in [3.63, 3.8) is 0 Å². The summed E-state index contributed by atoms with van der Waals surface area (Å²) in [7, 11) is 2.99. The number of nitrogens with two attached hydrogens (primary N) is 1. The van der Waals surface area contributed by atoms with Gasteiger partial charge in [0.05, 0.1) is 32.3 Å². The van der Waals surface area contributed by atoms with Gasteiger partial charge >= 0.3 is 0 Å². The van der Waals surface area contributed by atoms with Crippen LogP contribution in [0.4, 0.5) is 0 Å². The molecular formula is C20H21N3O5. The number of aromatic nitrogens is 1. The molecule has 3 rings (SSSR count). The van der Waals surface area contributed by atoms with Gasteiger partial charge in [-0.1, -0.05) is 12.1 Å². The number of allylic oxidation sites excluding steroid dienone is 1. The fourth-order valence-corrected chi connectivity index (χ4v) is 3.51. The smallest absolute Gasteiger partial charge is 0.258 e. The molecule has 8 heteroatoms. The average Bonchev–Trinajstić information content (AvgIpc) is 2.69. The zero-order valence-corrected chi connectivity index (χ0v) is 15.9. The maximum Gasteiger partial charge on any atom is 0.258 e. The van der Waals surface area contributed by atoms with Crippen molar-refractivity contribution in [1.82, 2.24) is 4.57 Å². The second-order valence-corrected chi connectivity index (χ2v) is 6.25. The van der Waals surface area contributed by atoms with Crippen molar-refractivity contribution < 1.29 is 19.3 Å². The predicted octanol–water partition coefficient (Wildman–Crippen LogP) is 1.38. The fourth-order valence-electron chi connectivity index (χ4n) is 3.51. The number of fused-ring (bicyclic) bond motifs is 1. The van der Waals surface area contributed by atoms with Gasteiger partial charge in [-0.2, -0.15) is 5.26 Å². The number of aliphatic hydroxyl groups is 1. The highest BCUT2D eigenvalue weighted by Crippen LogP contribution is 2.46. The minimum Gasteiger partial charge on any atom is -0.493 e. The summed E-state index contributed by atoms with van der Waals surface area (Å²) in [5, 5.41) is 19.1. The molecule has 0 spiro atoms. The molecule has 146 valence electrons. The van der Waals surface area contributed by atoms with Gasteiger partial charge in [-0.25, -0.2) is 0 Å². The Labute approximate surface area is 162 Å². The standard InChI is InChI=1S/C20H21N3O5/c1-11-9-15-17(20(25)23(11)7-8-24)16(13(10-21)19(22)28-15)12-5-4-6-14(26-2)18(12)27-3/h4-6,9,16,24H,7-8,22H2,1-3H3. The van der Waals surface area contributed by atoms with E-state index in [1.807, 2.05) is 0 Å². The summed E-state index contributed by atoms with van der Waals surface area (Å²) in [4.78, 5) is 13.3. The van der Waals surface area contributed by atoms with E-state index < -0.39 is 5.92 Å². The number of nitriles is 1. The predicted molar refractivity (Wildman–Crippen MR) is 101 cm³/mol. The van der Waals surface area contributed by atoms with Crippen molar-refractivity contribution in [2.75, 3.05) is 20.8 Å². The van der Waals surface area contributed by atoms with Gasteiger partial charge in [0.2, 0.25) is 5.88 Å². The third-order valence-corrected chi connectivity index (χ3v) is 4.76. The van der Waals surface area contributed by atoms with Gasteiger partial charge in [0, 0.05) is 23.9 Å². The van der Waals surface area contributed by atoms with Crippen LogP contribution in [0.15, 0.2) is 40.5 Å². The first-order chi connectivity index (χ1) is 13.5. The normalized spacial score (nSPS) is 15.5. The van der Waals surface area contributed by atoms with Crippen LogP contribution in [-0.2, 0) is 6.54 Å². The van der Waals surface area contributed by atoms with E-state index in [2.05, 4.69) is 6.07 Å². The fraction of sp³-hybridized carbons (Fsp3) is 0.300. The van der Waals surface area contributed by atoms with Crippen LogP contribution in [0.25, 0.3) is 0 Å². The molecule has 1 aromatic heterocycles. The van der Waals surface area contributed by atoms with Gasteiger partial charge in [0.1, 0.15) is 17.4 Å². The van der Waals surface area contributed by atoms with Gasteiger partial charge in [-0.05, 0) is 13.0 Å². The molecule has 3 N–H and O–H groups in total. The topological polar surface area (TPSA) is 120 Å². The average molecular weight is 383 g/mol. The largest absolute Gasteiger partial charge is 0.493 e. The molecule has 1 aliphatic heterocycles. The molecule has 0 saturated carbocycles. The van der Waals surface area contributed by atoms with Crippen LogP contribution < -0.4 is 25.5 Å². The van der Waals surface area contributed by atoms with Gasteiger partial charge in [-0.3, -0.25) is 4.79 Å². The zero-order chi connectivity index (χ0) is 20.4. The Morgan fingerprint density at radius 3 is 2.71 bits per heavy atom. The molecule has 0 radical (unpaired) electrons. The maximum absolute atomic E-state index is 13.3.